The van der Waals surface area contributed by atoms with Crippen molar-refractivity contribution in [1.82, 2.24) is 45.9 Å². The highest BCUT2D eigenvalue weighted by molar-refractivity contribution is 5.93. The van der Waals surface area contributed by atoms with Crippen LogP contribution in [0.15, 0.2) is 4.63 Å². The van der Waals surface area contributed by atoms with Gasteiger partial charge >= 0.3 is 0 Å². The minimum atomic E-state index is -2.82. The minimum absolute atomic E-state index is 0.0288. The Bertz CT molecular complexity index is 1370. The van der Waals surface area contributed by atoms with Crippen LogP contribution in [0.4, 0.5) is 14.6 Å². The third kappa shape index (κ3) is 6.28. The molecule has 4 heterocycles. The molecule has 4 rings (SSSR count). The van der Waals surface area contributed by atoms with Gasteiger partial charge in [0.1, 0.15) is 11.5 Å². The van der Waals surface area contributed by atoms with E-state index in [1.165, 1.54) is 9.58 Å². The van der Waals surface area contributed by atoms with Gasteiger partial charge in [-0.05, 0) is 25.0 Å². The summed E-state index contributed by atoms with van der Waals surface area (Å²) >= 11 is 0. The van der Waals surface area contributed by atoms with Crippen LogP contribution in [0, 0.1) is 12.3 Å². The van der Waals surface area contributed by atoms with Gasteiger partial charge in [-0.3, -0.25) is 4.79 Å². The van der Waals surface area contributed by atoms with Crippen LogP contribution < -0.4 is 21.3 Å². The maximum absolute atomic E-state index is 14.0. The van der Waals surface area contributed by atoms with Crippen molar-refractivity contribution in [3.63, 3.8) is 0 Å². The number of nitrogens with two attached hydrogens (primary N) is 1. The van der Waals surface area contributed by atoms with Gasteiger partial charge in [-0.15, -0.1) is 17.4 Å². The molecular formula is C24H33F2N11O2. The highest BCUT2D eigenvalue weighted by atomic mass is 19.3. The molecule has 1 fully saturated rings. The molecule has 1 amide bonds. The molecule has 39 heavy (non-hydrogen) atoms. The monoisotopic (exact) mass is 545 g/mol. The summed E-state index contributed by atoms with van der Waals surface area (Å²) in [5, 5.41) is 21.8. The van der Waals surface area contributed by atoms with Crippen LogP contribution in [-0.2, 0) is 12.0 Å². The maximum atomic E-state index is 14.0. The molecule has 0 aliphatic carbocycles. The average molecular weight is 546 g/mol. The minimum Gasteiger partial charge on any atom is -0.350 e. The van der Waals surface area contributed by atoms with Crippen LogP contribution in [0.1, 0.15) is 68.5 Å². The molecular weight excluding hydrogens is 512 g/mol. The lowest BCUT2D eigenvalue weighted by Crippen LogP contribution is -2.53. The number of fused-ring (bicyclic) bond motifs is 1. The standard InChI is InChI=1S/C24H33F2N11O2/c1-6-7-8-24(27,28-5)9-11-29-20(38)16-15(33-39-34-16)13-37-19-17(32-35-37)18(30-21(31-19)22(2,3)4)36-12-10-23(25,26)14-36/h1,28H,7-14,27H2,2-5H3,(H,29,38). The van der Waals surface area contributed by atoms with Gasteiger partial charge in [0.2, 0.25) is 0 Å². The fourth-order valence-electron chi connectivity index (χ4n) is 4.20. The van der Waals surface area contributed by atoms with Crippen molar-refractivity contribution in [2.45, 2.75) is 70.0 Å². The molecule has 0 spiro atoms. The molecule has 0 radical (unpaired) electrons. The highest BCUT2D eigenvalue weighted by Crippen LogP contribution is 2.34. The van der Waals surface area contributed by atoms with E-state index in [9.17, 15) is 13.6 Å². The molecule has 1 unspecified atom stereocenters. The number of hydrogen-bond acceptors (Lipinski definition) is 11. The first-order chi connectivity index (χ1) is 18.4. The van der Waals surface area contributed by atoms with Crippen LogP contribution in [0.2, 0.25) is 0 Å². The first-order valence-corrected chi connectivity index (χ1v) is 12.6. The van der Waals surface area contributed by atoms with Gasteiger partial charge in [-0.1, -0.05) is 31.1 Å². The van der Waals surface area contributed by atoms with Gasteiger partial charge in [0.15, 0.2) is 22.7 Å². The highest BCUT2D eigenvalue weighted by Gasteiger charge is 2.40. The van der Waals surface area contributed by atoms with Crippen molar-refractivity contribution in [1.29, 1.82) is 0 Å². The van der Waals surface area contributed by atoms with Crippen LogP contribution in [0.3, 0.4) is 0 Å². The predicted molar refractivity (Wildman–Crippen MR) is 138 cm³/mol. The Morgan fingerprint density at radius 1 is 1.26 bits per heavy atom. The number of carbonyl (C=O) groups is 1. The first-order valence-electron chi connectivity index (χ1n) is 12.6. The van der Waals surface area contributed by atoms with E-state index >= 15 is 0 Å². The summed E-state index contributed by atoms with van der Waals surface area (Å²) in [5.41, 5.74) is 5.86. The Kier molecular flexibility index (Phi) is 7.80. The van der Waals surface area contributed by atoms with Crippen molar-refractivity contribution in [3.8, 4) is 12.3 Å². The fourth-order valence-corrected chi connectivity index (χ4v) is 4.20. The number of carbonyl (C=O) groups excluding carboxylic acids is 1. The number of anilines is 1. The van der Waals surface area contributed by atoms with E-state index in [0.29, 0.717) is 36.6 Å². The molecule has 0 saturated carbocycles. The fraction of sp³-hybridized carbons (Fsp3) is 0.625. The Balaban J connectivity index is 1.56. The zero-order chi connectivity index (χ0) is 28.4. The smallest absolute Gasteiger partial charge is 0.275 e. The van der Waals surface area contributed by atoms with Crippen molar-refractivity contribution in [2.75, 3.05) is 31.6 Å². The lowest BCUT2D eigenvalue weighted by Gasteiger charge is -2.28. The Hall–Kier alpha value is -3.77. The molecule has 1 aliphatic heterocycles. The second-order valence-corrected chi connectivity index (χ2v) is 10.7. The first kappa shape index (κ1) is 28.2. The summed E-state index contributed by atoms with van der Waals surface area (Å²) in [6.45, 7) is 5.65. The van der Waals surface area contributed by atoms with Gasteiger partial charge in [0.25, 0.3) is 11.8 Å². The Morgan fingerprint density at radius 3 is 2.67 bits per heavy atom. The number of halogens is 2. The van der Waals surface area contributed by atoms with Crippen molar-refractivity contribution in [3.05, 3.63) is 17.2 Å². The average Bonchev–Trinajstić information content (AvgIpc) is 3.60. The topological polar surface area (TPSA) is 166 Å². The van der Waals surface area contributed by atoms with Gasteiger partial charge in [-0.25, -0.2) is 28.1 Å². The van der Waals surface area contributed by atoms with Gasteiger partial charge < -0.3 is 21.3 Å². The Morgan fingerprint density at radius 2 is 2.03 bits per heavy atom. The molecule has 13 nitrogen and oxygen atoms in total. The number of aromatic nitrogens is 7. The largest absolute Gasteiger partial charge is 0.350 e. The molecule has 0 bridgehead atoms. The molecule has 4 N–H and O–H groups in total. The van der Waals surface area contributed by atoms with E-state index in [0.717, 1.165) is 0 Å². The van der Waals surface area contributed by atoms with E-state index in [2.05, 4.69) is 47.1 Å². The van der Waals surface area contributed by atoms with Gasteiger partial charge in [0.05, 0.1) is 18.8 Å². The van der Waals surface area contributed by atoms with Crippen LogP contribution in [0.5, 0.6) is 0 Å². The van der Waals surface area contributed by atoms with E-state index in [1.807, 2.05) is 20.8 Å². The van der Waals surface area contributed by atoms with Crippen molar-refractivity contribution >= 4 is 22.9 Å². The number of amides is 1. The van der Waals surface area contributed by atoms with E-state index < -0.39 is 29.5 Å². The molecule has 0 aromatic carbocycles. The second-order valence-electron chi connectivity index (χ2n) is 10.7. The van der Waals surface area contributed by atoms with Crippen molar-refractivity contribution < 1.29 is 18.2 Å². The normalized spacial score (nSPS) is 16.8. The summed E-state index contributed by atoms with van der Waals surface area (Å²) in [6, 6.07) is 0. The molecule has 1 aliphatic rings. The van der Waals surface area contributed by atoms with Gasteiger partial charge in [-0.2, -0.15) is 0 Å². The molecule has 1 atom stereocenters. The number of nitrogens with zero attached hydrogens (tertiary/aromatic N) is 8. The molecule has 15 heteroatoms. The van der Waals surface area contributed by atoms with Crippen LogP contribution in [0.25, 0.3) is 11.2 Å². The SMILES string of the molecule is C#CCCC(N)(CCNC(=O)c1nonc1Cn1nnc2c(N3CCC(F)(F)C3)nc(C(C)(C)C)nc21)NC. The van der Waals surface area contributed by atoms with Gasteiger partial charge in [0, 0.05) is 31.3 Å². The second kappa shape index (κ2) is 10.8. The number of terminal acetylenes is 1. The number of alkyl halides is 2. The molecule has 3 aromatic rings. The third-order valence-electron chi connectivity index (χ3n) is 6.63. The molecule has 210 valence electrons. The zero-order valence-corrected chi connectivity index (χ0v) is 22.5. The summed E-state index contributed by atoms with van der Waals surface area (Å²) in [7, 11) is 1.73. The number of nitrogens with one attached hydrogen (secondary N) is 2. The van der Waals surface area contributed by atoms with E-state index in [1.54, 1.807) is 7.05 Å². The Labute approximate surface area is 224 Å². The number of rotatable bonds is 10. The zero-order valence-electron chi connectivity index (χ0n) is 22.5. The lowest BCUT2D eigenvalue weighted by molar-refractivity contribution is 0.0256. The summed E-state index contributed by atoms with van der Waals surface area (Å²) in [6.07, 6.45) is 6.53. The quantitative estimate of drug-likeness (QED) is 0.247. The summed E-state index contributed by atoms with van der Waals surface area (Å²) < 4.78 is 34.3. The number of hydrogen-bond donors (Lipinski definition) is 3. The molecule has 1 saturated heterocycles. The van der Waals surface area contributed by atoms with E-state index in [4.69, 9.17) is 16.8 Å². The molecule has 3 aromatic heterocycles. The van der Waals surface area contributed by atoms with E-state index in [-0.39, 0.29) is 43.0 Å². The summed E-state index contributed by atoms with van der Waals surface area (Å²) in [4.78, 5) is 23.6. The predicted octanol–water partition coefficient (Wildman–Crippen LogP) is 1.20. The maximum Gasteiger partial charge on any atom is 0.275 e. The third-order valence-corrected chi connectivity index (χ3v) is 6.63. The van der Waals surface area contributed by atoms with Crippen LogP contribution in [-0.4, -0.2) is 79.4 Å². The van der Waals surface area contributed by atoms with Crippen molar-refractivity contribution in [2.24, 2.45) is 5.73 Å². The summed E-state index contributed by atoms with van der Waals surface area (Å²) in [5.74, 6) is -0.0232. The lowest BCUT2D eigenvalue weighted by atomic mass is 9.96. The van der Waals surface area contributed by atoms with Crippen LogP contribution >= 0.6 is 0 Å².